The summed E-state index contributed by atoms with van der Waals surface area (Å²) in [5.74, 6) is -0.145. The molecule has 0 aromatic carbocycles. The lowest BCUT2D eigenvalue weighted by molar-refractivity contribution is -0.130. The number of piperidine rings is 1. The van der Waals surface area contributed by atoms with Crippen molar-refractivity contribution in [3.8, 4) is 0 Å². The van der Waals surface area contributed by atoms with Crippen molar-refractivity contribution in [2.45, 2.75) is 38.3 Å². The van der Waals surface area contributed by atoms with Gasteiger partial charge in [0.15, 0.2) is 0 Å². The van der Waals surface area contributed by atoms with Crippen molar-refractivity contribution in [1.82, 2.24) is 15.1 Å². The van der Waals surface area contributed by atoms with E-state index in [1.54, 1.807) is 13.8 Å². The van der Waals surface area contributed by atoms with E-state index in [1.807, 2.05) is 0 Å². The van der Waals surface area contributed by atoms with Gasteiger partial charge in [0.25, 0.3) is 5.91 Å². The van der Waals surface area contributed by atoms with Crippen molar-refractivity contribution in [1.29, 1.82) is 0 Å². The van der Waals surface area contributed by atoms with Crippen LogP contribution in [-0.4, -0.2) is 59.5 Å². The molecule has 0 bridgehead atoms. The van der Waals surface area contributed by atoms with Crippen molar-refractivity contribution in [3.63, 3.8) is 0 Å². The molecule has 0 saturated carbocycles. The number of halogens is 1. The summed E-state index contributed by atoms with van der Waals surface area (Å²) >= 11 is 0. The lowest BCUT2D eigenvalue weighted by Crippen LogP contribution is -2.47. The third kappa shape index (κ3) is 3.58. The van der Waals surface area contributed by atoms with Crippen molar-refractivity contribution in [2.75, 3.05) is 26.2 Å². The molecule has 0 aromatic rings. The summed E-state index contributed by atoms with van der Waals surface area (Å²) in [6.45, 7) is 6.46. The van der Waals surface area contributed by atoms with Crippen LogP contribution in [-0.2, 0) is 4.79 Å². The molecule has 2 aliphatic heterocycles. The highest BCUT2D eigenvalue weighted by Gasteiger charge is 2.43. The molecule has 1 unspecified atom stereocenters. The van der Waals surface area contributed by atoms with Crippen molar-refractivity contribution in [3.05, 3.63) is 0 Å². The second-order valence-electron chi connectivity index (χ2n) is 5.71. The zero-order valence-electron chi connectivity index (χ0n) is 11.5. The number of likely N-dealkylation sites (tertiary alicyclic amines) is 1. The van der Waals surface area contributed by atoms with E-state index < -0.39 is 5.54 Å². The van der Waals surface area contributed by atoms with Crippen LogP contribution in [0.5, 0.6) is 0 Å². The zero-order valence-corrected chi connectivity index (χ0v) is 12.3. The van der Waals surface area contributed by atoms with Crippen molar-refractivity contribution < 1.29 is 9.59 Å². The van der Waals surface area contributed by atoms with Gasteiger partial charge < -0.3 is 16.0 Å². The Morgan fingerprint density at radius 1 is 1.37 bits per heavy atom. The fourth-order valence-corrected chi connectivity index (χ4v) is 2.56. The molecular weight excluding hydrogens is 268 g/mol. The molecule has 7 heteroatoms. The summed E-state index contributed by atoms with van der Waals surface area (Å²) in [6.07, 6.45) is 2.15. The van der Waals surface area contributed by atoms with Crippen LogP contribution in [0.25, 0.3) is 0 Å². The molecule has 110 valence electrons. The van der Waals surface area contributed by atoms with Gasteiger partial charge in [0, 0.05) is 25.7 Å². The number of carbonyl (C=O) groups excluding carboxylic acids is 2. The van der Waals surface area contributed by atoms with E-state index in [4.69, 9.17) is 5.73 Å². The molecule has 0 aromatic heterocycles. The Balaban J connectivity index is 0.00000180. The highest BCUT2D eigenvalue weighted by atomic mass is 35.5. The molecule has 19 heavy (non-hydrogen) atoms. The van der Waals surface area contributed by atoms with Gasteiger partial charge in [-0.1, -0.05) is 0 Å². The maximum Gasteiger partial charge on any atom is 0.325 e. The van der Waals surface area contributed by atoms with Crippen molar-refractivity contribution >= 4 is 24.3 Å². The molecule has 1 atom stereocenters. The topological polar surface area (TPSA) is 78.7 Å². The zero-order chi connectivity index (χ0) is 13.3. The third-order valence-electron chi connectivity index (χ3n) is 3.63. The normalized spacial score (nSPS) is 27.1. The fraction of sp³-hybridized carbons (Fsp3) is 0.833. The number of carbonyl (C=O) groups is 2. The Labute approximate surface area is 120 Å². The average molecular weight is 291 g/mol. The summed E-state index contributed by atoms with van der Waals surface area (Å²) in [5.41, 5.74) is 5.14. The quantitative estimate of drug-likeness (QED) is 0.726. The molecule has 2 heterocycles. The van der Waals surface area contributed by atoms with E-state index in [1.165, 1.54) is 4.90 Å². The van der Waals surface area contributed by atoms with Crippen LogP contribution in [0, 0.1) is 0 Å². The number of rotatable bonds is 3. The number of nitrogens with one attached hydrogen (secondary N) is 1. The van der Waals surface area contributed by atoms with Crippen LogP contribution in [0.3, 0.4) is 0 Å². The highest BCUT2D eigenvalue weighted by Crippen LogP contribution is 2.16. The number of urea groups is 1. The SMILES string of the molecule is CC1(C)NC(=O)N(CCN2CCCC(N)C2)C1=O.Cl. The molecule has 6 nitrogen and oxygen atoms in total. The number of amides is 3. The molecule has 0 aliphatic carbocycles. The molecule has 2 aliphatic rings. The summed E-state index contributed by atoms with van der Waals surface area (Å²) < 4.78 is 0. The summed E-state index contributed by atoms with van der Waals surface area (Å²) in [6, 6.07) is -0.0652. The first-order chi connectivity index (χ1) is 8.40. The number of imide groups is 1. The molecule has 3 amide bonds. The second kappa shape index (κ2) is 6.07. The Bertz CT molecular complexity index is 362. The molecule has 0 radical (unpaired) electrons. The number of nitrogens with two attached hydrogens (primary N) is 1. The highest BCUT2D eigenvalue weighted by molar-refractivity contribution is 6.06. The average Bonchev–Trinajstić information content (AvgIpc) is 2.46. The van der Waals surface area contributed by atoms with Crippen LogP contribution in [0.1, 0.15) is 26.7 Å². The van der Waals surface area contributed by atoms with Gasteiger partial charge in [0.2, 0.25) is 0 Å². The first kappa shape index (κ1) is 16.2. The van der Waals surface area contributed by atoms with E-state index in [9.17, 15) is 9.59 Å². The largest absolute Gasteiger partial charge is 0.327 e. The lowest BCUT2D eigenvalue weighted by atomic mass is 10.1. The Hall–Kier alpha value is -0.850. The lowest BCUT2D eigenvalue weighted by Gasteiger charge is -2.31. The van der Waals surface area contributed by atoms with Gasteiger partial charge in [-0.3, -0.25) is 9.69 Å². The van der Waals surface area contributed by atoms with E-state index in [2.05, 4.69) is 10.2 Å². The monoisotopic (exact) mass is 290 g/mol. The van der Waals surface area contributed by atoms with E-state index in [-0.39, 0.29) is 30.4 Å². The summed E-state index contributed by atoms with van der Waals surface area (Å²) in [7, 11) is 0. The molecule has 2 saturated heterocycles. The van der Waals surface area contributed by atoms with Crippen LogP contribution >= 0.6 is 12.4 Å². The second-order valence-corrected chi connectivity index (χ2v) is 5.71. The summed E-state index contributed by atoms with van der Waals surface area (Å²) in [5, 5.41) is 2.68. The van der Waals surface area contributed by atoms with E-state index in [0.29, 0.717) is 13.1 Å². The van der Waals surface area contributed by atoms with Gasteiger partial charge in [-0.25, -0.2) is 4.79 Å². The smallest absolute Gasteiger partial charge is 0.325 e. The predicted octanol–water partition coefficient (Wildman–Crippen LogP) is 0.162. The molecule has 2 rings (SSSR count). The molecule has 3 N–H and O–H groups in total. The van der Waals surface area contributed by atoms with E-state index >= 15 is 0 Å². The van der Waals surface area contributed by atoms with Gasteiger partial charge in [-0.15, -0.1) is 12.4 Å². The van der Waals surface area contributed by atoms with Crippen LogP contribution in [0.15, 0.2) is 0 Å². The maximum atomic E-state index is 12.0. The maximum absolute atomic E-state index is 12.0. The first-order valence-corrected chi connectivity index (χ1v) is 6.52. The van der Waals surface area contributed by atoms with Gasteiger partial charge in [-0.2, -0.15) is 0 Å². The van der Waals surface area contributed by atoms with Crippen molar-refractivity contribution in [2.24, 2.45) is 5.73 Å². The Morgan fingerprint density at radius 3 is 2.58 bits per heavy atom. The van der Waals surface area contributed by atoms with Crippen LogP contribution in [0.4, 0.5) is 4.79 Å². The van der Waals surface area contributed by atoms with Gasteiger partial charge in [0.05, 0.1) is 0 Å². The van der Waals surface area contributed by atoms with Crippen LogP contribution in [0.2, 0.25) is 0 Å². The minimum Gasteiger partial charge on any atom is -0.327 e. The third-order valence-corrected chi connectivity index (χ3v) is 3.63. The van der Waals surface area contributed by atoms with Gasteiger partial charge in [-0.05, 0) is 33.2 Å². The Kier molecular flexibility index (Phi) is 5.18. The first-order valence-electron chi connectivity index (χ1n) is 6.52. The number of hydrogen-bond donors (Lipinski definition) is 2. The minimum atomic E-state index is -0.768. The molecular formula is C12H23ClN4O2. The standard InChI is InChI=1S/C12H22N4O2.ClH/c1-12(2)10(17)16(11(18)14-12)7-6-15-5-3-4-9(13)8-15;/h9H,3-8,13H2,1-2H3,(H,14,18);1H. The Morgan fingerprint density at radius 2 is 2.05 bits per heavy atom. The predicted molar refractivity (Wildman–Crippen MR) is 75.2 cm³/mol. The van der Waals surface area contributed by atoms with Crippen LogP contribution < -0.4 is 11.1 Å². The molecule has 2 fully saturated rings. The molecule has 0 spiro atoms. The van der Waals surface area contributed by atoms with Gasteiger partial charge >= 0.3 is 6.03 Å². The minimum absolute atomic E-state index is 0. The number of hydrogen-bond acceptors (Lipinski definition) is 4. The fourth-order valence-electron chi connectivity index (χ4n) is 2.56. The van der Waals surface area contributed by atoms with Gasteiger partial charge in [0.1, 0.15) is 5.54 Å². The van der Waals surface area contributed by atoms with E-state index in [0.717, 1.165) is 25.9 Å². The summed E-state index contributed by atoms with van der Waals surface area (Å²) in [4.78, 5) is 27.2. The number of nitrogens with zero attached hydrogens (tertiary/aromatic N) is 2.